The van der Waals surface area contributed by atoms with Gasteiger partial charge in [-0.1, -0.05) is 0 Å². The highest BCUT2D eigenvalue weighted by Gasteiger charge is 2.38. The summed E-state index contributed by atoms with van der Waals surface area (Å²) >= 11 is 0. The Morgan fingerprint density at radius 3 is 2.12 bits per heavy atom. The highest BCUT2D eigenvalue weighted by atomic mass is 19.4. The van der Waals surface area contributed by atoms with Crippen LogP contribution < -0.4 is 10.1 Å². The van der Waals surface area contributed by atoms with Gasteiger partial charge in [0.1, 0.15) is 5.75 Å². The van der Waals surface area contributed by atoms with Crippen LogP contribution in [0.2, 0.25) is 0 Å². The molecule has 0 heterocycles. The summed E-state index contributed by atoms with van der Waals surface area (Å²) in [6.07, 6.45) is -4.94. The Morgan fingerprint density at radius 2 is 1.71 bits per heavy atom. The van der Waals surface area contributed by atoms with Crippen LogP contribution in [-0.2, 0) is 9.59 Å². The Bertz CT molecular complexity index is 425. The average molecular weight is 247 g/mol. The number of anilines is 1. The molecule has 0 aliphatic rings. The van der Waals surface area contributed by atoms with Gasteiger partial charge in [0.25, 0.3) is 0 Å². The fourth-order valence-corrected chi connectivity index (χ4v) is 0.974. The average Bonchev–Trinajstić information content (AvgIpc) is 2.18. The van der Waals surface area contributed by atoms with Crippen LogP contribution in [0.5, 0.6) is 5.75 Å². The van der Waals surface area contributed by atoms with Gasteiger partial charge in [-0.25, -0.2) is 0 Å². The molecular weight excluding hydrogens is 239 g/mol. The van der Waals surface area contributed by atoms with Crippen molar-refractivity contribution in [1.29, 1.82) is 0 Å². The van der Waals surface area contributed by atoms with Crippen molar-refractivity contribution in [3.8, 4) is 5.75 Å². The topological polar surface area (TPSA) is 55.4 Å². The molecule has 0 aliphatic heterocycles. The number of esters is 1. The van der Waals surface area contributed by atoms with E-state index in [2.05, 4.69) is 4.74 Å². The third kappa shape index (κ3) is 4.13. The summed E-state index contributed by atoms with van der Waals surface area (Å²) in [6.45, 7) is 1.19. The van der Waals surface area contributed by atoms with Crippen molar-refractivity contribution in [2.45, 2.75) is 13.1 Å². The number of alkyl halides is 3. The summed E-state index contributed by atoms with van der Waals surface area (Å²) in [5.74, 6) is -2.42. The maximum absolute atomic E-state index is 11.9. The van der Waals surface area contributed by atoms with E-state index in [1.807, 2.05) is 0 Å². The molecule has 0 fully saturated rings. The fourth-order valence-electron chi connectivity index (χ4n) is 0.974. The maximum Gasteiger partial charge on any atom is 0.471 e. The van der Waals surface area contributed by atoms with Crippen molar-refractivity contribution in [3.05, 3.63) is 24.3 Å². The minimum Gasteiger partial charge on any atom is -0.427 e. The number of ether oxygens (including phenoxy) is 1. The highest BCUT2D eigenvalue weighted by molar-refractivity contribution is 5.94. The van der Waals surface area contributed by atoms with Gasteiger partial charge in [-0.3, -0.25) is 9.59 Å². The van der Waals surface area contributed by atoms with Crippen LogP contribution in [0.25, 0.3) is 0 Å². The van der Waals surface area contributed by atoms with Crippen molar-refractivity contribution in [2.24, 2.45) is 0 Å². The largest absolute Gasteiger partial charge is 0.471 e. The Labute approximate surface area is 94.4 Å². The molecule has 1 rings (SSSR count). The van der Waals surface area contributed by atoms with Crippen LogP contribution in [0.4, 0.5) is 18.9 Å². The van der Waals surface area contributed by atoms with Crippen LogP contribution in [0.15, 0.2) is 24.3 Å². The predicted molar refractivity (Wildman–Crippen MR) is 52.4 cm³/mol. The molecule has 0 atom stereocenters. The molecule has 1 N–H and O–H groups in total. The van der Waals surface area contributed by atoms with E-state index in [4.69, 9.17) is 0 Å². The fraction of sp³-hybridized carbons (Fsp3) is 0.200. The zero-order chi connectivity index (χ0) is 13.1. The molecule has 17 heavy (non-hydrogen) atoms. The Balaban J connectivity index is 2.69. The first-order valence-electron chi connectivity index (χ1n) is 4.45. The molecule has 92 valence electrons. The predicted octanol–water partition coefficient (Wildman–Crippen LogP) is 2.11. The van der Waals surface area contributed by atoms with Crippen molar-refractivity contribution in [2.75, 3.05) is 5.32 Å². The molecule has 0 radical (unpaired) electrons. The normalized spacial score (nSPS) is 10.8. The lowest BCUT2D eigenvalue weighted by Gasteiger charge is -2.08. The lowest BCUT2D eigenvalue weighted by molar-refractivity contribution is -0.167. The minimum atomic E-state index is -4.94. The second-order valence-electron chi connectivity index (χ2n) is 3.07. The Hall–Kier alpha value is -2.05. The number of hydrogen-bond acceptors (Lipinski definition) is 3. The molecule has 0 bridgehead atoms. The van der Waals surface area contributed by atoms with Gasteiger partial charge < -0.3 is 10.1 Å². The number of carbonyl (C=O) groups is 2. The first-order valence-corrected chi connectivity index (χ1v) is 4.45. The third-order valence-corrected chi connectivity index (χ3v) is 1.63. The summed E-state index contributed by atoms with van der Waals surface area (Å²) < 4.78 is 40.4. The second kappa shape index (κ2) is 4.86. The van der Waals surface area contributed by atoms with Crippen LogP contribution in [0.1, 0.15) is 6.92 Å². The van der Waals surface area contributed by atoms with Crippen LogP contribution in [0.3, 0.4) is 0 Å². The lowest BCUT2D eigenvalue weighted by atomic mass is 10.3. The first kappa shape index (κ1) is 13.0. The molecule has 0 spiro atoms. The minimum absolute atomic E-state index is 0.0387. The van der Waals surface area contributed by atoms with E-state index >= 15 is 0 Å². The summed E-state index contributed by atoms with van der Waals surface area (Å²) in [4.78, 5) is 21.1. The summed E-state index contributed by atoms with van der Waals surface area (Å²) in [6, 6.07) is 4.94. The molecule has 1 aromatic carbocycles. The van der Waals surface area contributed by atoms with Crippen LogP contribution in [0, 0.1) is 0 Å². The van der Waals surface area contributed by atoms with Crippen molar-refractivity contribution in [3.63, 3.8) is 0 Å². The zero-order valence-electron chi connectivity index (χ0n) is 8.67. The van der Waals surface area contributed by atoms with Gasteiger partial charge in [0.05, 0.1) is 0 Å². The van der Waals surface area contributed by atoms with E-state index in [1.54, 1.807) is 5.32 Å². The SMILES string of the molecule is CC(=O)Oc1ccc(NC(=O)C(F)(F)F)cc1. The number of hydrogen-bond donors (Lipinski definition) is 1. The molecule has 4 nitrogen and oxygen atoms in total. The third-order valence-electron chi connectivity index (χ3n) is 1.63. The Kier molecular flexibility index (Phi) is 3.72. The van der Waals surface area contributed by atoms with E-state index < -0.39 is 18.1 Å². The number of benzene rings is 1. The standard InChI is InChI=1S/C10H8F3NO3/c1-6(15)17-8-4-2-7(3-5-8)14-9(16)10(11,12)13/h2-5H,1H3,(H,14,16). The smallest absolute Gasteiger partial charge is 0.427 e. The molecule has 0 unspecified atom stereocenters. The summed E-state index contributed by atoms with van der Waals surface area (Å²) in [7, 11) is 0. The zero-order valence-corrected chi connectivity index (χ0v) is 8.67. The van der Waals surface area contributed by atoms with E-state index in [9.17, 15) is 22.8 Å². The van der Waals surface area contributed by atoms with Crippen LogP contribution in [-0.4, -0.2) is 18.1 Å². The molecule has 0 saturated carbocycles. The van der Waals surface area contributed by atoms with Gasteiger partial charge in [-0.2, -0.15) is 13.2 Å². The first-order chi connectivity index (χ1) is 7.79. The molecule has 1 amide bonds. The molecule has 0 aromatic heterocycles. The highest BCUT2D eigenvalue weighted by Crippen LogP contribution is 2.20. The van der Waals surface area contributed by atoms with Gasteiger partial charge in [0.15, 0.2) is 0 Å². The second-order valence-corrected chi connectivity index (χ2v) is 3.07. The van der Waals surface area contributed by atoms with E-state index in [0.717, 1.165) is 0 Å². The number of halogens is 3. The van der Waals surface area contributed by atoms with Crippen molar-refractivity contribution >= 4 is 17.6 Å². The Morgan fingerprint density at radius 1 is 1.18 bits per heavy atom. The van der Waals surface area contributed by atoms with Gasteiger partial charge >= 0.3 is 18.1 Å². The van der Waals surface area contributed by atoms with Crippen LogP contribution >= 0.6 is 0 Å². The molecular formula is C10H8F3NO3. The maximum atomic E-state index is 11.9. The van der Waals surface area contributed by atoms with Crippen molar-refractivity contribution < 1.29 is 27.5 Å². The summed E-state index contributed by atoms with van der Waals surface area (Å²) in [5.41, 5.74) is -0.0387. The number of rotatable bonds is 2. The van der Waals surface area contributed by atoms with Gasteiger partial charge in [0, 0.05) is 12.6 Å². The number of carbonyl (C=O) groups excluding carboxylic acids is 2. The van der Waals surface area contributed by atoms with E-state index in [0.29, 0.717) is 0 Å². The molecule has 7 heteroatoms. The van der Waals surface area contributed by atoms with Gasteiger partial charge in [-0.15, -0.1) is 0 Å². The molecule has 0 saturated heterocycles. The number of nitrogens with one attached hydrogen (secondary N) is 1. The molecule has 0 aliphatic carbocycles. The quantitative estimate of drug-likeness (QED) is 0.643. The van der Waals surface area contributed by atoms with Gasteiger partial charge in [0.2, 0.25) is 0 Å². The van der Waals surface area contributed by atoms with E-state index in [-0.39, 0.29) is 11.4 Å². The monoisotopic (exact) mass is 247 g/mol. The summed E-state index contributed by atoms with van der Waals surface area (Å²) in [5, 5.41) is 1.66. The van der Waals surface area contributed by atoms with E-state index in [1.165, 1.54) is 31.2 Å². The van der Waals surface area contributed by atoms with Crippen molar-refractivity contribution in [1.82, 2.24) is 0 Å². The lowest BCUT2D eigenvalue weighted by Crippen LogP contribution is -2.29. The number of amides is 1. The molecule has 1 aromatic rings. The van der Waals surface area contributed by atoms with Gasteiger partial charge in [-0.05, 0) is 24.3 Å².